The second-order valence-corrected chi connectivity index (χ2v) is 4.24. The van der Waals surface area contributed by atoms with Crippen LogP contribution in [-0.4, -0.2) is 20.8 Å². The summed E-state index contributed by atoms with van der Waals surface area (Å²) in [7, 11) is 0. The fourth-order valence-electron chi connectivity index (χ4n) is 2.27. The van der Waals surface area contributed by atoms with Crippen LogP contribution in [0.1, 0.15) is 43.1 Å². The first-order chi connectivity index (χ1) is 6.70. The standard InChI is InChI=1S/C11H18N2O/c1-8-9(2)13(7-12-8)10-5-3-4-6-11(10)14/h7,10-11,14H,3-6H2,1-2H3/t10-,11-/m1/s1. The smallest absolute Gasteiger partial charge is 0.0954 e. The average Bonchev–Trinajstić information content (AvgIpc) is 2.49. The van der Waals surface area contributed by atoms with Gasteiger partial charge in [0.15, 0.2) is 0 Å². The van der Waals surface area contributed by atoms with Crippen molar-refractivity contribution in [1.82, 2.24) is 9.55 Å². The van der Waals surface area contributed by atoms with Crippen molar-refractivity contribution in [2.24, 2.45) is 0 Å². The van der Waals surface area contributed by atoms with E-state index in [1.54, 1.807) is 0 Å². The van der Waals surface area contributed by atoms with Gasteiger partial charge in [0.05, 0.1) is 24.2 Å². The molecule has 78 valence electrons. The quantitative estimate of drug-likeness (QED) is 0.742. The highest BCUT2D eigenvalue weighted by Gasteiger charge is 2.25. The molecule has 0 aliphatic heterocycles. The predicted molar refractivity (Wildman–Crippen MR) is 55.2 cm³/mol. The Labute approximate surface area is 84.8 Å². The Balaban J connectivity index is 2.24. The molecule has 1 aliphatic rings. The summed E-state index contributed by atoms with van der Waals surface area (Å²) in [6.45, 7) is 4.09. The highest BCUT2D eigenvalue weighted by atomic mass is 16.3. The molecule has 0 amide bonds. The van der Waals surface area contributed by atoms with Crippen LogP contribution < -0.4 is 0 Å². The van der Waals surface area contributed by atoms with E-state index in [-0.39, 0.29) is 12.1 Å². The van der Waals surface area contributed by atoms with E-state index in [4.69, 9.17) is 0 Å². The summed E-state index contributed by atoms with van der Waals surface area (Å²) < 4.78 is 2.14. The van der Waals surface area contributed by atoms with Crippen LogP contribution in [0, 0.1) is 13.8 Å². The minimum absolute atomic E-state index is 0.184. The molecule has 1 aliphatic carbocycles. The molecule has 1 aromatic rings. The number of rotatable bonds is 1. The first-order valence-electron chi connectivity index (χ1n) is 5.38. The van der Waals surface area contributed by atoms with Crippen molar-refractivity contribution < 1.29 is 5.11 Å². The van der Waals surface area contributed by atoms with E-state index in [0.29, 0.717) is 0 Å². The number of aromatic nitrogens is 2. The number of hydrogen-bond donors (Lipinski definition) is 1. The fourth-order valence-corrected chi connectivity index (χ4v) is 2.27. The van der Waals surface area contributed by atoms with Crippen LogP contribution >= 0.6 is 0 Å². The zero-order valence-electron chi connectivity index (χ0n) is 8.90. The van der Waals surface area contributed by atoms with Crippen LogP contribution in [0.3, 0.4) is 0 Å². The number of hydrogen-bond acceptors (Lipinski definition) is 2. The highest BCUT2D eigenvalue weighted by Crippen LogP contribution is 2.29. The van der Waals surface area contributed by atoms with Crippen LogP contribution in [0.25, 0.3) is 0 Å². The molecule has 3 heteroatoms. The molecule has 1 heterocycles. The van der Waals surface area contributed by atoms with E-state index in [9.17, 15) is 5.11 Å². The molecule has 2 atom stereocenters. The molecular weight excluding hydrogens is 176 g/mol. The summed E-state index contributed by atoms with van der Waals surface area (Å²) in [5.41, 5.74) is 2.26. The zero-order valence-corrected chi connectivity index (χ0v) is 8.90. The van der Waals surface area contributed by atoms with Gasteiger partial charge in [-0.3, -0.25) is 0 Å². The summed E-state index contributed by atoms with van der Waals surface area (Å²) in [6.07, 6.45) is 6.07. The summed E-state index contributed by atoms with van der Waals surface area (Å²) in [6, 6.07) is 0.255. The second-order valence-electron chi connectivity index (χ2n) is 4.24. The zero-order chi connectivity index (χ0) is 10.1. The van der Waals surface area contributed by atoms with Gasteiger partial charge in [-0.1, -0.05) is 12.8 Å². The molecule has 3 nitrogen and oxygen atoms in total. The van der Waals surface area contributed by atoms with Gasteiger partial charge in [0.25, 0.3) is 0 Å². The molecule has 0 radical (unpaired) electrons. The molecule has 0 bridgehead atoms. The monoisotopic (exact) mass is 194 g/mol. The molecule has 2 rings (SSSR count). The lowest BCUT2D eigenvalue weighted by molar-refractivity contribution is 0.0745. The maximum atomic E-state index is 9.91. The van der Waals surface area contributed by atoms with E-state index < -0.39 is 0 Å². The molecule has 14 heavy (non-hydrogen) atoms. The number of aliphatic hydroxyl groups is 1. The van der Waals surface area contributed by atoms with Crippen molar-refractivity contribution in [2.75, 3.05) is 0 Å². The second kappa shape index (κ2) is 3.73. The number of imidazole rings is 1. The third kappa shape index (κ3) is 1.57. The molecule has 0 saturated heterocycles. The predicted octanol–water partition coefficient (Wildman–Crippen LogP) is 1.98. The largest absolute Gasteiger partial charge is 0.391 e. The Bertz CT molecular complexity index is 319. The lowest BCUT2D eigenvalue weighted by Gasteiger charge is -2.29. The molecule has 0 spiro atoms. The van der Waals surface area contributed by atoms with Gasteiger partial charge in [-0.2, -0.15) is 0 Å². The Hall–Kier alpha value is -0.830. The van der Waals surface area contributed by atoms with Crippen molar-refractivity contribution >= 4 is 0 Å². The van der Waals surface area contributed by atoms with E-state index in [1.807, 2.05) is 13.3 Å². The van der Waals surface area contributed by atoms with Crippen molar-refractivity contribution in [1.29, 1.82) is 0 Å². The van der Waals surface area contributed by atoms with Crippen molar-refractivity contribution in [3.05, 3.63) is 17.7 Å². The highest BCUT2D eigenvalue weighted by molar-refractivity contribution is 5.10. The van der Waals surface area contributed by atoms with Gasteiger partial charge in [-0.05, 0) is 26.7 Å². The topological polar surface area (TPSA) is 38.0 Å². The van der Waals surface area contributed by atoms with Crippen LogP contribution in [0.5, 0.6) is 0 Å². The van der Waals surface area contributed by atoms with Gasteiger partial charge < -0.3 is 9.67 Å². The molecule has 1 N–H and O–H groups in total. The SMILES string of the molecule is Cc1ncn([C@@H]2CCCC[C@H]2O)c1C. The van der Waals surface area contributed by atoms with Crippen LogP contribution in [-0.2, 0) is 0 Å². The molecule has 1 saturated carbocycles. The minimum atomic E-state index is -0.184. The third-order valence-electron chi connectivity index (χ3n) is 3.34. The van der Waals surface area contributed by atoms with Crippen LogP contribution in [0.15, 0.2) is 6.33 Å². The fraction of sp³-hybridized carbons (Fsp3) is 0.727. The maximum Gasteiger partial charge on any atom is 0.0954 e. The van der Waals surface area contributed by atoms with E-state index >= 15 is 0 Å². The average molecular weight is 194 g/mol. The van der Waals surface area contributed by atoms with Gasteiger partial charge in [0.2, 0.25) is 0 Å². The Morgan fingerprint density at radius 2 is 2.07 bits per heavy atom. The van der Waals surface area contributed by atoms with Gasteiger partial charge in [0.1, 0.15) is 0 Å². The Morgan fingerprint density at radius 1 is 1.36 bits per heavy atom. The lowest BCUT2D eigenvalue weighted by atomic mass is 9.92. The number of aryl methyl sites for hydroxylation is 1. The molecule has 0 unspecified atom stereocenters. The van der Waals surface area contributed by atoms with Gasteiger partial charge in [-0.25, -0.2) is 4.98 Å². The van der Waals surface area contributed by atoms with Crippen molar-refractivity contribution in [2.45, 2.75) is 51.7 Å². The third-order valence-corrected chi connectivity index (χ3v) is 3.34. The first-order valence-corrected chi connectivity index (χ1v) is 5.38. The molecule has 0 aromatic carbocycles. The summed E-state index contributed by atoms with van der Waals surface area (Å²) in [5, 5.41) is 9.91. The van der Waals surface area contributed by atoms with Crippen molar-refractivity contribution in [3.8, 4) is 0 Å². The summed E-state index contributed by atoms with van der Waals surface area (Å²) >= 11 is 0. The summed E-state index contributed by atoms with van der Waals surface area (Å²) in [4.78, 5) is 4.28. The number of aliphatic hydroxyl groups excluding tert-OH is 1. The maximum absolute atomic E-state index is 9.91. The summed E-state index contributed by atoms with van der Waals surface area (Å²) in [5.74, 6) is 0. The van der Waals surface area contributed by atoms with Crippen molar-refractivity contribution in [3.63, 3.8) is 0 Å². The Kier molecular flexibility index (Phi) is 2.59. The normalized spacial score (nSPS) is 27.9. The van der Waals surface area contributed by atoms with E-state index in [1.165, 1.54) is 12.1 Å². The Morgan fingerprint density at radius 3 is 2.64 bits per heavy atom. The van der Waals surface area contributed by atoms with Gasteiger partial charge in [-0.15, -0.1) is 0 Å². The number of nitrogens with zero attached hydrogens (tertiary/aromatic N) is 2. The van der Waals surface area contributed by atoms with Gasteiger partial charge in [0, 0.05) is 5.69 Å². The lowest BCUT2D eigenvalue weighted by Crippen LogP contribution is -2.27. The van der Waals surface area contributed by atoms with E-state index in [0.717, 1.165) is 25.0 Å². The molecule has 1 aromatic heterocycles. The minimum Gasteiger partial charge on any atom is -0.391 e. The van der Waals surface area contributed by atoms with Crippen LogP contribution in [0.2, 0.25) is 0 Å². The van der Waals surface area contributed by atoms with Gasteiger partial charge >= 0.3 is 0 Å². The molecular formula is C11H18N2O. The van der Waals surface area contributed by atoms with Crippen LogP contribution in [0.4, 0.5) is 0 Å². The molecule has 1 fully saturated rings. The van der Waals surface area contributed by atoms with E-state index in [2.05, 4.69) is 16.5 Å². The first kappa shape index (κ1) is 9.71.